The van der Waals surface area contributed by atoms with E-state index in [2.05, 4.69) is 5.32 Å². The van der Waals surface area contributed by atoms with Crippen LogP contribution in [-0.2, 0) is 26.2 Å². The molecule has 2 unspecified atom stereocenters. The lowest BCUT2D eigenvalue weighted by molar-refractivity contribution is -0.140. The summed E-state index contributed by atoms with van der Waals surface area (Å²) in [5.41, 5.74) is 2.30. The van der Waals surface area contributed by atoms with E-state index in [0.717, 1.165) is 9.87 Å². The fraction of sp³-hybridized carbons (Fsp3) is 0.355. The molecule has 3 rings (SSSR count). The lowest BCUT2D eigenvalue weighted by atomic mass is 10.1. The number of nitrogens with one attached hydrogen (secondary N) is 1. The van der Waals surface area contributed by atoms with Crippen molar-refractivity contribution in [3.8, 4) is 0 Å². The van der Waals surface area contributed by atoms with Gasteiger partial charge >= 0.3 is 0 Å². The first-order valence-electron chi connectivity index (χ1n) is 13.7. The minimum absolute atomic E-state index is 0.00903. The smallest absolute Gasteiger partial charge is 0.264 e. The molecular formula is C31H36Cl3N3O4S. The summed E-state index contributed by atoms with van der Waals surface area (Å²) in [7, 11) is -4.21. The molecule has 1 N–H and O–H groups in total. The van der Waals surface area contributed by atoms with E-state index < -0.39 is 28.5 Å². The third kappa shape index (κ3) is 7.98. The minimum Gasteiger partial charge on any atom is -0.352 e. The zero-order chi connectivity index (χ0) is 31.2. The number of sulfonamides is 1. The molecule has 42 heavy (non-hydrogen) atoms. The molecule has 2 atom stereocenters. The van der Waals surface area contributed by atoms with Crippen molar-refractivity contribution in [1.82, 2.24) is 10.2 Å². The van der Waals surface area contributed by atoms with E-state index in [0.29, 0.717) is 39.0 Å². The van der Waals surface area contributed by atoms with Gasteiger partial charge in [0.1, 0.15) is 12.6 Å². The normalized spacial score (nSPS) is 12.9. The Bertz CT molecular complexity index is 1530. The van der Waals surface area contributed by atoms with Crippen LogP contribution in [0.15, 0.2) is 65.6 Å². The minimum atomic E-state index is -4.21. The van der Waals surface area contributed by atoms with E-state index in [1.807, 2.05) is 20.8 Å². The van der Waals surface area contributed by atoms with Crippen LogP contribution in [0.2, 0.25) is 15.1 Å². The Morgan fingerprint density at radius 3 is 2.14 bits per heavy atom. The summed E-state index contributed by atoms with van der Waals surface area (Å²) in [5.74, 6) is -0.894. The van der Waals surface area contributed by atoms with Crippen molar-refractivity contribution >= 4 is 62.3 Å². The lowest BCUT2D eigenvalue weighted by Crippen LogP contribution is -2.53. The van der Waals surface area contributed by atoms with Gasteiger partial charge in [-0.15, -0.1) is 0 Å². The number of hydrogen-bond acceptors (Lipinski definition) is 4. The van der Waals surface area contributed by atoms with Crippen LogP contribution in [-0.4, -0.2) is 43.8 Å². The van der Waals surface area contributed by atoms with Crippen molar-refractivity contribution in [3.05, 3.63) is 92.4 Å². The molecule has 226 valence electrons. The average Bonchev–Trinajstić information content (AvgIpc) is 2.95. The van der Waals surface area contributed by atoms with Crippen molar-refractivity contribution in [1.29, 1.82) is 0 Å². The van der Waals surface area contributed by atoms with Gasteiger partial charge in [0, 0.05) is 17.6 Å². The molecule has 0 saturated heterocycles. The van der Waals surface area contributed by atoms with E-state index in [9.17, 15) is 18.0 Å². The fourth-order valence-corrected chi connectivity index (χ4v) is 6.37. The third-order valence-electron chi connectivity index (χ3n) is 7.12. The molecular weight excluding hydrogens is 617 g/mol. The SMILES string of the molecule is CCC(C)NC(=O)C(CC)N(Cc1ccc(Cl)c(Cl)c1)C(=O)CN(c1cccc(Cl)c1C)S(=O)(=O)c1ccc(C)cc1. The average molecular weight is 653 g/mol. The van der Waals surface area contributed by atoms with Gasteiger partial charge in [-0.1, -0.05) is 78.5 Å². The van der Waals surface area contributed by atoms with Gasteiger partial charge in [-0.05, 0) is 81.1 Å². The molecule has 0 aliphatic heterocycles. The number of rotatable bonds is 12. The monoisotopic (exact) mass is 651 g/mol. The Morgan fingerprint density at radius 2 is 1.55 bits per heavy atom. The van der Waals surface area contributed by atoms with Gasteiger partial charge < -0.3 is 10.2 Å². The first kappa shape index (κ1) is 33.7. The molecule has 2 amide bonds. The zero-order valence-electron chi connectivity index (χ0n) is 24.3. The van der Waals surface area contributed by atoms with E-state index >= 15 is 0 Å². The van der Waals surface area contributed by atoms with Gasteiger partial charge in [0.25, 0.3) is 10.0 Å². The van der Waals surface area contributed by atoms with Crippen LogP contribution in [0.4, 0.5) is 5.69 Å². The van der Waals surface area contributed by atoms with Gasteiger partial charge in [-0.25, -0.2) is 8.42 Å². The Labute approximate surface area is 263 Å². The number of carbonyl (C=O) groups excluding carboxylic acids is 2. The van der Waals surface area contributed by atoms with E-state index in [-0.39, 0.29) is 29.1 Å². The number of hydrogen-bond donors (Lipinski definition) is 1. The second-order valence-corrected chi connectivity index (χ2v) is 13.3. The topological polar surface area (TPSA) is 86.8 Å². The molecule has 7 nitrogen and oxygen atoms in total. The fourth-order valence-electron chi connectivity index (χ4n) is 4.41. The number of anilines is 1. The molecule has 0 bridgehead atoms. The largest absolute Gasteiger partial charge is 0.352 e. The maximum atomic E-state index is 14.2. The highest BCUT2D eigenvalue weighted by atomic mass is 35.5. The van der Waals surface area contributed by atoms with Crippen LogP contribution in [0.1, 0.15) is 50.3 Å². The summed E-state index contributed by atoms with van der Waals surface area (Å²) in [4.78, 5) is 29.0. The third-order valence-corrected chi connectivity index (χ3v) is 10.0. The van der Waals surface area contributed by atoms with Gasteiger partial charge in [-0.3, -0.25) is 13.9 Å². The Morgan fingerprint density at radius 1 is 0.881 bits per heavy atom. The van der Waals surface area contributed by atoms with Crippen molar-refractivity contribution < 1.29 is 18.0 Å². The molecule has 0 radical (unpaired) electrons. The Balaban J connectivity index is 2.12. The maximum Gasteiger partial charge on any atom is 0.264 e. The molecule has 0 aliphatic carbocycles. The van der Waals surface area contributed by atoms with Gasteiger partial charge in [0.15, 0.2) is 0 Å². The predicted molar refractivity (Wildman–Crippen MR) is 171 cm³/mol. The van der Waals surface area contributed by atoms with Crippen molar-refractivity contribution in [2.45, 2.75) is 71.0 Å². The van der Waals surface area contributed by atoms with E-state index in [1.54, 1.807) is 62.4 Å². The number of carbonyl (C=O) groups is 2. The lowest BCUT2D eigenvalue weighted by Gasteiger charge is -2.34. The van der Waals surface area contributed by atoms with Gasteiger partial charge in [0.05, 0.1) is 20.6 Å². The Kier molecular flexibility index (Phi) is 11.7. The summed E-state index contributed by atoms with van der Waals surface area (Å²) in [6, 6.07) is 15.3. The van der Waals surface area contributed by atoms with Crippen LogP contribution in [0.25, 0.3) is 0 Å². The van der Waals surface area contributed by atoms with E-state index in [1.165, 1.54) is 17.0 Å². The Hall–Kier alpha value is -2.78. The summed E-state index contributed by atoms with van der Waals surface area (Å²) < 4.78 is 29.2. The van der Waals surface area contributed by atoms with E-state index in [4.69, 9.17) is 34.8 Å². The van der Waals surface area contributed by atoms with Crippen LogP contribution in [0.3, 0.4) is 0 Å². The predicted octanol–water partition coefficient (Wildman–Crippen LogP) is 7.18. The molecule has 0 fully saturated rings. The second kappa shape index (κ2) is 14.6. The van der Waals surface area contributed by atoms with Crippen LogP contribution in [0, 0.1) is 13.8 Å². The highest BCUT2D eigenvalue weighted by Gasteiger charge is 2.34. The number of halogens is 3. The number of aryl methyl sites for hydroxylation is 1. The quantitative estimate of drug-likeness (QED) is 0.225. The molecule has 11 heteroatoms. The maximum absolute atomic E-state index is 14.2. The molecule has 0 saturated carbocycles. The number of nitrogens with zero attached hydrogens (tertiary/aromatic N) is 2. The molecule has 3 aromatic carbocycles. The van der Waals surface area contributed by atoms with Crippen molar-refractivity contribution in [2.24, 2.45) is 0 Å². The first-order chi connectivity index (χ1) is 19.8. The van der Waals surface area contributed by atoms with Crippen molar-refractivity contribution in [2.75, 3.05) is 10.8 Å². The molecule has 0 heterocycles. The summed E-state index contributed by atoms with van der Waals surface area (Å²) in [6.07, 6.45) is 1.01. The van der Waals surface area contributed by atoms with Gasteiger partial charge in [-0.2, -0.15) is 0 Å². The number of amides is 2. The highest BCUT2D eigenvalue weighted by molar-refractivity contribution is 7.92. The molecule has 0 aliphatic rings. The van der Waals surface area contributed by atoms with Crippen LogP contribution in [0.5, 0.6) is 0 Å². The molecule has 0 spiro atoms. The standard InChI is InChI=1S/C31H36Cl3N3O4S/c1-6-21(4)35-31(39)28(7-2)36(18-23-13-16-26(33)27(34)17-23)30(38)19-37(29-10-8-9-25(32)22(29)5)42(40,41)24-14-11-20(3)12-15-24/h8-17,21,28H,6-7,18-19H2,1-5H3,(H,35,39). The zero-order valence-corrected chi connectivity index (χ0v) is 27.4. The molecule has 3 aromatic rings. The van der Waals surface area contributed by atoms with Crippen LogP contribution < -0.4 is 9.62 Å². The van der Waals surface area contributed by atoms with Crippen molar-refractivity contribution in [3.63, 3.8) is 0 Å². The first-order valence-corrected chi connectivity index (χ1v) is 16.3. The number of benzene rings is 3. The van der Waals surface area contributed by atoms with Crippen LogP contribution >= 0.6 is 34.8 Å². The van der Waals surface area contributed by atoms with Gasteiger partial charge in [0.2, 0.25) is 11.8 Å². The summed E-state index contributed by atoms with van der Waals surface area (Å²) in [6.45, 7) is 8.63. The summed E-state index contributed by atoms with van der Waals surface area (Å²) in [5, 5.41) is 3.97. The highest BCUT2D eigenvalue weighted by Crippen LogP contribution is 2.32. The summed E-state index contributed by atoms with van der Waals surface area (Å²) >= 11 is 18.8. The molecule has 0 aromatic heterocycles. The second-order valence-electron chi connectivity index (χ2n) is 10.2.